The molecule has 214 valence electrons. The summed E-state index contributed by atoms with van der Waals surface area (Å²) in [5, 5.41) is 4.08. The number of amides is 2. The Kier molecular flexibility index (Phi) is 7.48. The Hall–Kier alpha value is -4.91. The third-order valence-electron chi connectivity index (χ3n) is 8.11. The molecule has 0 atom stereocenters. The van der Waals surface area contributed by atoms with Crippen molar-refractivity contribution in [1.82, 2.24) is 29.3 Å². The van der Waals surface area contributed by atoms with Gasteiger partial charge in [-0.25, -0.2) is 9.97 Å². The van der Waals surface area contributed by atoms with E-state index in [-0.39, 0.29) is 17.9 Å². The fraction of sp³-hybridized carbons (Fsp3) is 0.344. The van der Waals surface area contributed by atoms with Gasteiger partial charge in [-0.05, 0) is 55.3 Å². The Morgan fingerprint density at radius 2 is 1.71 bits per heavy atom. The van der Waals surface area contributed by atoms with E-state index in [4.69, 9.17) is 11.4 Å². The molecule has 0 spiro atoms. The van der Waals surface area contributed by atoms with Crippen molar-refractivity contribution in [3.05, 3.63) is 71.7 Å². The second-order valence-electron chi connectivity index (χ2n) is 11.0. The summed E-state index contributed by atoms with van der Waals surface area (Å²) < 4.78 is 2.10. The maximum Gasteiger partial charge on any atom is 0.270 e. The van der Waals surface area contributed by atoms with E-state index >= 15 is 0 Å². The van der Waals surface area contributed by atoms with Crippen LogP contribution in [0.25, 0.3) is 11.0 Å². The number of terminal acetylenes is 1. The Bertz CT molecular complexity index is 1640. The predicted molar refractivity (Wildman–Crippen MR) is 163 cm³/mol. The van der Waals surface area contributed by atoms with E-state index in [1.54, 1.807) is 49.5 Å². The van der Waals surface area contributed by atoms with Gasteiger partial charge in [0.15, 0.2) is 0 Å². The zero-order chi connectivity index (χ0) is 29.2. The third-order valence-corrected chi connectivity index (χ3v) is 8.11. The lowest BCUT2D eigenvalue weighted by atomic mass is 10.1. The molecule has 0 unspecified atom stereocenters. The van der Waals surface area contributed by atoms with Gasteiger partial charge in [0, 0.05) is 69.0 Å². The lowest BCUT2D eigenvalue weighted by Crippen LogP contribution is -2.48. The number of piperazine rings is 1. The molecular formula is C32H34N8O2. The first-order chi connectivity index (χ1) is 20.4. The Labute approximate surface area is 245 Å². The number of hydrogen-bond acceptors (Lipinski definition) is 7. The molecule has 2 aliphatic rings. The van der Waals surface area contributed by atoms with E-state index in [0.717, 1.165) is 48.0 Å². The molecule has 6 rings (SSSR count). The number of nitrogens with zero attached hydrogens (tertiary/aromatic N) is 7. The summed E-state index contributed by atoms with van der Waals surface area (Å²) in [6.45, 7) is 2.69. The molecule has 2 fully saturated rings. The predicted octanol–water partition coefficient (Wildman–Crippen LogP) is 4.33. The molecular weight excluding hydrogens is 528 g/mol. The van der Waals surface area contributed by atoms with Crippen molar-refractivity contribution in [2.45, 2.75) is 31.7 Å². The Balaban J connectivity index is 1.13. The number of carbonyl (C=O) groups is 2. The zero-order valence-corrected chi connectivity index (χ0v) is 24.0. The number of hydrogen-bond donors (Lipinski definition) is 1. The number of benzene rings is 1. The molecule has 1 aliphatic carbocycles. The van der Waals surface area contributed by atoms with Gasteiger partial charge in [-0.3, -0.25) is 9.59 Å². The molecule has 1 aromatic carbocycles. The molecule has 2 amide bonds. The topological polar surface area (TPSA) is 99.5 Å². The van der Waals surface area contributed by atoms with E-state index in [1.165, 1.54) is 0 Å². The molecule has 1 saturated carbocycles. The summed E-state index contributed by atoms with van der Waals surface area (Å²) in [6.07, 6.45) is 13.4. The van der Waals surface area contributed by atoms with Crippen molar-refractivity contribution in [2.75, 3.05) is 50.5 Å². The van der Waals surface area contributed by atoms with Crippen LogP contribution in [0.5, 0.6) is 0 Å². The van der Waals surface area contributed by atoms with Crippen molar-refractivity contribution in [1.29, 1.82) is 0 Å². The van der Waals surface area contributed by atoms with Gasteiger partial charge in [-0.2, -0.15) is 4.98 Å². The molecule has 10 nitrogen and oxygen atoms in total. The highest BCUT2D eigenvalue weighted by molar-refractivity contribution is 5.98. The van der Waals surface area contributed by atoms with Crippen LogP contribution in [0.4, 0.5) is 17.5 Å². The molecule has 1 aliphatic heterocycles. The maximum absolute atomic E-state index is 13.0. The van der Waals surface area contributed by atoms with Crippen molar-refractivity contribution < 1.29 is 9.59 Å². The maximum atomic E-state index is 13.0. The van der Waals surface area contributed by atoms with E-state index < -0.39 is 0 Å². The highest BCUT2D eigenvalue weighted by Gasteiger charge is 2.27. The second-order valence-corrected chi connectivity index (χ2v) is 11.0. The number of fused-ring (bicyclic) bond motifs is 1. The third kappa shape index (κ3) is 5.38. The minimum absolute atomic E-state index is 0.0186. The van der Waals surface area contributed by atoms with Gasteiger partial charge in [0.1, 0.15) is 17.2 Å². The van der Waals surface area contributed by atoms with Crippen LogP contribution in [0.2, 0.25) is 0 Å². The summed E-state index contributed by atoms with van der Waals surface area (Å²) >= 11 is 0. The lowest BCUT2D eigenvalue weighted by Gasteiger charge is -2.36. The zero-order valence-electron chi connectivity index (χ0n) is 24.0. The van der Waals surface area contributed by atoms with Gasteiger partial charge in [-0.15, -0.1) is 6.42 Å². The van der Waals surface area contributed by atoms with Crippen LogP contribution in [-0.4, -0.2) is 81.4 Å². The van der Waals surface area contributed by atoms with Gasteiger partial charge in [0.2, 0.25) is 5.95 Å². The smallest absolute Gasteiger partial charge is 0.270 e. The Morgan fingerprint density at radius 1 is 0.976 bits per heavy atom. The van der Waals surface area contributed by atoms with Crippen LogP contribution < -0.4 is 10.2 Å². The van der Waals surface area contributed by atoms with Crippen molar-refractivity contribution in [2.24, 2.45) is 0 Å². The number of nitrogens with one attached hydrogen (secondary N) is 1. The molecule has 3 aromatic heterocycles. The summed E-state index contributed by atoms with van der Waals surface area (Å²) in [5.41, 5.74) is 3.82. The molecule has 1 saturated heterocycles. The fourth-order valence-corrected chi connectivity index (χ4v) is 5.81. The lowest BCUT2D eigenvalue weighted by molar-refractivity contribution is 0.0746. The molecule has 0 bridgehead atoms. The summed E-state index contributed by atoms with van der Waals surface area (Å²) in [5.74, 6) is 3.63. The fourth-order valence-electron chi connectivity index (χ4n) is 5.81. The van der Waals surface area contributed by atoms with Gasteiger partial charge in [-0.1, -0.05) is 18.8 Å². The van der Waals surface area contributed by atoms with Gasteiger partial charge < -0.3 is 24.6 Å². The van der Waals surface area contributed by atoms with Crippen molar-refractivity contribution >= 4 is 40.3 Å². The number of aromatic nitrogens is 4. The van der Waals surface area contributed by atoms with Crippen LogP contribution >= 0.6 is 0 Å². The largest absolute Gasteiger partial charge is 0.367 e. The average Bonchev–Trinajstić information content (AvgIpc) is 3.69. The highest BCUT2D eigenvalue weighted by Crippen LogP contribution is 2.35. The quantitative estimate of drug-likeness (QED) is 0.349. The van der Waals surface area contributed by atoms with Gasteiger partial charge in [0.25, 0.3) is 11.8 Å². The van der Waals surface area contributed by atoms with Crippen molar-refractivity contribution in [3.63, 3.8) is 0 Å². The summed E-state index contributed by atoms with van der Waals surface area (Å²) in [7, 11) is 3.54. The molecule has 4 aromatic rings. The molecule has 42 heavy (non-hydrogen) atoms. The minimum atomic E-state index is -0.0319. The van der Waals surface area contributed by atoms with Crippen LogP contribution in [0, 0.1) is 12.3 Å². The first-order valence-electron chi connectivity index (χ1n) is 14.3. The normalized spacial score (nSPS) is 15.5. The van der Waals surface area contributed by atoms with E-state index in [1.807, 2.05) is 29.3 Å². The number of rotatable bonds is 6. The monoisotopic (exact) mass is 562 g/mol. The van der Waals surface area contributed by atoms with Crippen LogP contribution in [0.1, 0.15) is 58.1 Å². The highest BCUT2D eigenvalue weighted by atomic mass is 16.2. The van der Waals surface area contributed by atoms with Crippen LogP contribution in [-0.2, 0) is 0 Å². The minimum Gasteiger partial charge on any atom is -0.367 e. The molecule has 4 heterocycles. The second kappa shape index (κ2) is 11.5. The Morgan fingerprint density at radius 3 is 2.36 bits per heavy atom. The number of pyridine rings is 1. The number of anilines is 3. The summed E-state index contributed by atoms with van der Waals surface area (Å²) in [4.78, 5) is 45.5. The van der Waals surface area contributed by atoms with Crippen LogP contribution in [0.15, 0.2) is 54.9 Å². The molecule has 10 heteroatoms. The first-order valence-corrected chi connectivity index (χ1v) is 14.3. The summed E-state index contributed by atoms with van der Waals surface area (Å²) in [6, 6.07) is 13.2. The average molecular weight is 563 g/mol. The van der Waals surface area contributed by atoms with Gasteiger partial charge >= 0.3 is 0 Å². The standard InChI is InChI=1S/C32H34N8O2/c1-4-22-9-11-23(12-10-22)30(41)39-17-15-38(16-18-39)26-13-14-28(33-21-26)35-32-34-20-24-19-27(31(42)37(2)3)40(29(24)36-32)25-7-5-6-8-25/h1,9-14,19-21,25H,5-8,15-18H2,2-3H3,(H,33,34,35,36). The number of carbonyl (C=O) groups excluding carboxylic acids is 2. The van der Waals surface area contributed by atoms with E-state index in [2.05, 4.69) is 30.7 Å². The molecule has 1 N–H and O–H groups in total. The van der Waals surface area contributed by atoms with E-state index in [0.29, 0.717) is 49.2 Å². The SMILES string of the molecule is C#Cc1ccc(C(=O)N2CCN(c3ccc(Nc4ncc5cc(C(=O)N(C)C)n(C6CCCC6)c5n4)nc3)CC2)cc1. The van der Waals surface area contributed by atoms with Crippen LogP contribution in [0.3, 0.4) is 0 Å². The molecule has 0 radical (unpaired) electrons. The van der Waals surface area contributed by atoms with Gasteiger partial charge in [0.05, 0.1) is 11.9 Å². The van der Waals surface area contributed by atoms with Crippen molar-refractivity contribution in [3.8, 4) is 12.3 Å². The van der Waals surface area contributed by atoms with E-state index in [9.17, 15) is 9.59 Å². The first kappa shape index (κ1) is 27.3.